The van der Waals surface area contributed by atoms with Crippen LogP contribution in [0.2, 0.25) is 0 Å². The van der Waals surface area contributed by atoms with Gasteiger partial charge >= 0.3 is 189 Å². The third-order valence-corrected chi connectivity index (χ3v) is 8.15. The van der Waals surface area contributed by atoms with Crippen molar-refractivity contribution in [3.63, 3.8) is 0 Å². The van der Waals surface area contributed by atoms with Crippen molar-refractivity contribution >= 4 is 46.4 Å². The van der Waals surface area contributed by atoms with Gasteiger partial charge in [0.1, 0.15) is 0 Å². The summed E-state index contributed by atoms with van der Waals surface area (Å²) in [5, 5.41) is 2.25. The molecule has 0 atom stereocenters. The second kappa shape index (κ2) is 9.90. The van der Waals surface area contributed by atoms with Gasteiger partial charge in [0.2, 0.25) is 0 Å². The van der Waals surface area contributed by atoms with Gasteiger partial charge in [-0.15, -0.1) is 0 Å². The average Bonchev–Trinajstić information content (AvgIpc) is 3.32. The standard InChI is InChI=1S/C24H26AsN4O3/c1-30-21-14-18-20(15-22(21)32-11-3-8-29-9-12-31-13-10-29)27-16-28-24(18)25-19-5-2-4-17-6-7-26-23(17)19/h2,4-7,14-16,26H,3,8-13H2,1H3. The molecule has 0 spiro atoms. The molecule has 1 saturated heterocycles. The zero-order valence-corrected chi connectivity index (χ0v) is 20.0. The third kappa shape index (κ3) is 4.60. The molecule has 0 amide bonds. The van der Waals surface area contributed by atoms with E-state index in [1.54, 1.807) is 13.4 Å². The van der Waals surface area contributed by atoms with Gasteiger partial charge in [-0.05, 0) is 0 Å². The Bertz CT molecular complexity index is 1210. The molecule has 0 unspecified atom stereocenters. The van der Waals surface area contributed by atoms with Crippen molar-refractivity contribution in [2.45, 2.75) is 6.42 Å². The number of hydrogen-bond acceptors (Lipinski definition) is 6. The van der Waals surface area contributed by atoms with E-state index in [1.165, 1.54) is 15.3 Å². The molecule has 7 nitrogen and oxygen atoms in total. The summed E-state index contributed by atoms with van der Waals surface area (Å²) < 4.78 is 19.5. The molecule has 1 aliphatic rings. The molecule has 1 N–H and O–H groups in total. The van der Waals surface area contributed by atoms with E-state index in [4.69, 9.17) is 14.2 Å². The van der Waals surface area contributed by atoms with Crippen LogP contribution >= 0.6 is 0 Å². The van der Waals surface area contributed by atoms with Crippen molar-refractivity contribution in [3.05, 3.63) is 48.9 Å². The maximum absolute atomic E-state index is 6.09. The number of aromatic nitrogens is 3. The van der Waals surface area contributed by atoms with Gasteiger partial charge < -0.3 is 4.74 Å². The van der Waals surface area contributed by atoms with E-state index in [-0.39, 0.29) is 15.8 Å². The molecule has 5 rings (SSSR count). The Hall–Kier alpha value is -2.60. The van der Waals surface area contributed by atoms with Crippen molar-refractivity contribution in [1.82, 2.24) is 19.9 Å². The first kappa shape index (κ1) is 21.3. The van der Waals surface area contributed by atoms with Gasteiger partial charge in [0.05, 0.1) is 0 Å². The van der Waals surface area contributed by atoms with Crippen LogP contribution in [0.3, 0.4) is 0 Å². The number of nitrogens with zero attached hydrogens (tertiary/aromatic N) is 3. The molecule has 0 saturated carbocycles. The minimum atomic E-state index is -0.317. The second-order valence-electron chi connectivity index (χ2n) is 7.70. The number of hydrogen-bond donors (Lipinski definition) is 1. The number of nitrogens with one attached hydrogen (secondary N) is 1. The number of morpholine rings is 1. The summed E-state index contributed by atoms with van der Waals surface area (Å²) >= 11 is -0.317. The number of H-pyrrole nitrogens is 1. The zero-order chi connectivity index (χ0) is 21.8. The Labute approximate surface area is 193 Å². The first-order chi connectivity index (χ1) is 15.8. The van der Waals surface area contributed by atoms with E-state index in [1.807, 2.05) is 18.3 Å². The molecular formula is C24H26AsN4O3. The van der Waals surface area contributed by atoms with Crippen LogP contribution in [-0.2, 0) is 4.74 Å². The number of fused-ring (bicyclic) bond motifs is 2. The molecule has 1 aliphatic heterocycles. The van der Waals surface area contributed by atoms with Gasteiger partial charge in [-0.25, -0.2) is 0 Å². The number of ether oxygens (including phenoxy) is 3. The Kier molecular flexibility index (Phi) is 6.58. The first-order valence-electron chi connectivity index (χ1n) is 10.9. The predicted octanol–water partition coefficient (Wildman–Crippen LogP) is 1.88. The molecular weight excluding hydrogens is 467 g/mol. The van der Waals surface area contributed by atoms with Crippen LogP contribution in [0, 0.1) is 0 Å². The van der Waals surface area contributed by atoms with E-state index < -0.39 is 0 Å². The fourth-order valence-electron chi connectivity index (χ4n) is 3.98. The van der Waals surface area contributed by atoms with Crippen molar-refractivity contribution in [2.24, 2.45) is 0 Å². The fourth-order valence-corrected chi connectivity index (χ4v) is 6.30. The van der Waals surface area contributed by atoms with E-state index >= 15 is 0 Å². The van der Waals surface area contributed by atoms with Gasteiger partial charge in [0.25, 0.3) is 0 Å². The van der Waals surface area contributed by atoms with E-state index in [2.05, 4.69) is 44.1 Å². The molecule has 1 radical (unpaired) electrons. The topological polar surface area (TPSA) is 72.5 Å². The zero-order valence-electron chi connectivity index (χ0n) is 18.1. The van der Waals surface area contributed by atoms with E-state index in [9.17, 15) is 0 Å². The van der Waals surface area contributed by atoms with Gasteiger partial charge in [0, 0.05) is 0 Å². The van der Waals surface area contributed by atoms with Crippen LogP contribution in [0.4, 0.5) is 0 Å². The van der Waals surface area contributed by atoms with Gasteiger partial charge in [-0.1, -0.05) is 0 Å². The number of para-hydroxylation sites is 1. The van der Waals surface area contributed by atoms with Crippen LogP contribution in [0.25, 0.3) is 21.8 Å². The monoisotopic (exact) mass is 493 g/mol. The van der Waals surface area contributed by atoms with Crippen molar-refractivity contribution in [1.29, 1.82) is 0 Å². The summed E-state index contributed by atoms with van der Waals surface area (Å²) in [7, 11) is 1.68. The molecule has 0 bridgehead atoms. The number of methoxy groups -OCH3 is 1. The van der Waals surface area contributed by atoms with Gasteiger partial charge in [0.15, 0.2) is 0 Å². The van der Waals surface area contributed by atoms with Gasteiger partial charge in [-0.3, -0.25) is 0 Å². The number of aromatic amines is 1. The molecule has 32 heavy (non-hydrogen) atoms. The third-order valence-electron chi connectivity index (χ3n) is 5.67. The summed E-state index contributed by atoms with van der Waals surface area (Å²) in [5.41, 5.74) is 2.07. The fraction of sp³-hybridized carbons (Fsp3) is 0.333. The molecule has 8 heteroatoms. The van der Waals surface area contributed by atoms with Gasteiger partial charge in [-0.2, -0.15) is 0 Å². The Morgan fingerprint density at radius 1 is 1.12 bits per heavy atom. The van der Waals surface area contributed by atoms with Crippen molar-refractivity contribution < 1.29 is 14.2 Å². The summed E-state index contributed by atoms with van der Waals surface area (Å²) in [5.74, 6) is 1.45. The molecule has 1 fully saturated rings. The average molecular weight is 493 g/mol. The SMILES string of the molecule is COc1cc2c([As]c3cccc4cc[nH]c34)ncnc2cc1OCCCN1CCOCC1. The normalized spacial score (nSPS) is 15.2. The Balaban J connectivity index is 1.34. The molecule has 2 aromatic heterocycles. The molecule has 165 valence electrons. The first-order valence-corrected chi connectivity index (χ1v) is 12.7. The van der Waals surface area contributed by atoms with E-state index in [0.29, 0.717) is 6.61 Å². The number of rotatable bonds is 8. The molecule has 3 heterocycles. The second-order valence-corrected chi connectivity index (χ2v) is 10.1. The molecule has 4 aromatic rings. The molecule has 0 aliphatic carbocycles. The number of benzene rings is 2. The summed E-state index contributed by atoms with van der Waals surface area (Å²) in [6.07, 6.45) is 4.59. The Morgan fingerprint density at radius 2 is 2.03 bits per heavy atom. The maximum atomic E-state index is 6.09. The summed E-state index contributed by atoms with van der Waals surface area (Å²) in [6, 6.07) is 12.5. The quantitative estimate of drug-likeness (QED) is 0.299. The summed E-state index contributed by atoms with van der Waals surface area (Å²) in [6.45, 7) is 5.29. The Morgan fingerprint density at radius 3 is 2.91 bits per heavy atom. The summed E-state index contributed by atoms with van der Waals surface area (Å²) in [4.78, 5) is 14.9. The predicted molar refractivity (Wildman–Crippen MR) is 127 cm³/mol. The van der Waals surface area contributed by atoms with Crippen molar-refractivity contribution in [2.75, 3.05) is 46.6 Å². The van der Waals surface area contributed by atoms with Crippen LogP contribution in [0.5, 0.6) is 11.5 Å². The molecule has 2 aromatic carbocycles. The van der Waals surface area contributed by atoms with Crippen LogP contribution < -0.4 is 18.3 Å². The van der Waals surface area contributed by atoms with Crippen molar-refractivity contribution in [3.8, 4) is 11.5 Å². The van der Waals surface area contributed by atoms with Crippen LogP contribution in [0.1, 0.15) is 6.42 Å². The van der Waals surface area contributed by atoms with E-state index in [0.717, 1.165) is 66.2 Å². The van der Waals surface area contributed by atoms with Crippen LogP contribution in [0.15, 0.2) is 48.9 Å². The minimum absolute atomic E-state index is 0.317. The van der Waals surface area contributed by atoms with Crippen LogP contribution in [-0.4, -0.2) is 82.2 Å².